The van der Waals surface area contributed by atoms with Crippen LogP contribution in [0.3, 0.4) is 0 Å². The van der Waals surface area contributed by atoms with Crippen LogP contribution in [0.2, 0.25) is 0 Å². The smallest absolute Gasteiger partial charge is 0.267 e. The van der Waals surface area contributed by atoms with Crippen molar-refractivity contribution in [2.75, 3.05) is 10.0 Å². The second kappa shape index (κ2) is 9.98. The maximum atomic E-state index is 12.7. The number of sulfonamides is 1. The Morgan fingerprint density at radius 2 is 1.74 bits per heavy atom. The van der Waals surface area contributed by atoms with E-state index in [1.165, 1.54) is 41.8 Å². The second-order valence-corrected chi connectivity index (χ2v) is 10.00. The fraction of sp³-hybridized carbons (Fsp3) is 0.130. The second-order valence-electron chi connectivity index (χ2n) is 7.23. The van der Waals surface area contributed by atoms with E-state index in [1.54, 1.807) is 19.9 Å². The third-order valence-electron chi connectivity index (χ3n) is 4.60. The van der Waals surface area contributed by atoms with E-state index in [1.807, 2.05) is 30.3 Å². The molecule has 174 valence electrons. The molecule has 0 aliphatic carbocycles. The number of thiazole rings is 1. The molecule has 0 fully saturated rings. The molecular formula is C23H21N5O4S2. The van der Waals surface area contributed by atoms with Gasteiger partial charge in [-0.1, -0.05) is 18.2 Å². The number of nitrogens with one attached hydrogen (secondary N) is 2. The molecule has 9 nitrogen and oxygen atoms in total. The number of benzene rings is 2. The van der Waals surface area contributed by atoms with Crippen molar-refractivity contribution in [1.82, 2.24) is 15.0 Å². The maximum absolute atomic E-state index is 12.7. The van der Waals surface area contributed by atoms with Crippen LogP contribution in [-0.4, -0.2) is 29.3 Å². The molecule has 0 unspecified atom stereocenters. The molecule has 2 N–H and O–H groups in total. The van der Waals surface area contributed by atoms with Gasteiger partial charge in [-0.2, -0.15) is 0 Å². The molecular weight excluding hydrogens is 474 g/mol. The lowest BCUT2D eigenvalue weighted by Gasteiger charge is -2.08. The molecule has 0 spiro atoms. The summed E-state index contributed by atoms with van der Waals surface area (Å²) in [5, 5.41) is 3.45. The Morgan fingerprint density at radius 3 is 2.44 bits per heavy atom. The Morgan fingerprint density at radius 1 is 1.00 bits per heavy atom. The Labute approximate surface area is 200 Å². The van der Waals surface area contributed by atoms with Crippen molar-refractivity contribution < 1.29 is 17.9 Å². The van der Waals surface area contributed by atoms with E-state index in [0.29, 0.717) is 27.0 Å². The summed E-state index contributed by atoms with van der Waals surface area (Å²) in [7, 11) is -3.87. The third-order valence-corrected chi connectivity index (χ3v) is 7.07. The number of amides is 1. The van der Waals surface area contributed by atoms with Crippen molar-refractivity contribution in [2.45, 2.75) is 25.3 Å². The number of hydrogen-bond acceptors (Lipinski definition) is 8. The summed E-state index contributed by atoms with van der Waals surface area (Å²) in [6, 6.07) is 16.8. The van der Waals surface area contributed by atoms with Gasteiger partial charge in [0.2, 0.25) is 5.95 Å². The van der Waals surface area contributed by atoms with Gasteiger partial charge in [0.25, 0.3) is 15.9 Å². The summed E-state index contributed by atoms with van der Waals surface area (Å²) in [5.41, 5.74) is 1.68. The van der Waals surface area contributed by atoms with Crippen molar-refractivity contribution in [3.8, 4) is 5.75 Å². The van der Waals surface area contributed by atoms with Crippen LogP contribution >= 0.6 is 11.3 Å². The van der Waals surface area contributed by atoms with Crippen molar-refractivity contribution >= 4 is 38.9 Å². The van der Waals surface area contributed by atoms with Crippen molar-refractivity contribution in [1.29, 1.82) is 0 Å². The standard InChI is InChI=1S/C23H21N5O4S2/c1-15-12-13-24-23(25-15)28-34(30,31)19-10-8-17(9-11-19)27-22(29)21-16(2)26-20(33-21)14-32-18-6-4-3-5-7-18/h3-13H,14H2,1-2H3,(H,27,29)(H,24,25,28). The van der Waals surface area contributed by atoms with Crippen LogP contribution in [-0.2, 0) is 16.6 Å². The highest BCUT2D eigenvalue weighted by molar-refractivity contribution is 7.92. The predicted octanol–water partition coefficient (Wildman–Crippen LogP) is 4.18. The minimum atomic E-state index is -3.87. The molecule has 0 bridgehead atoms. The lowest BCUT2D eigenvalue weighted by atomic mass is 10.3. The summed E-state index contributed by atoms with van der Waals surface area (Å²) in [6.07, 6.45) is 1.47. The SMILES string of the molecule is Cc1ccnc(NS(=O)(=O)c2ccc(NC(=O)c3sc(COc4ccccc4)nc3C)cc2)n1. The van der Waals surface area contributed by atoms with Gasteiger partial charge in [-0.05, 0) is 56.3 Å². The number of aromatic nitrogens is 3. The first-order chi connectivity index (χ1) is 16.3. The average Bonchev–Trinajstić information content (AvgIpc) is 3.19. The lowest BCUT2D eigenvalue weighted by molar-refractivity contribution is 0.103. The van der Waals surface area contributed by atoms with E-state index in [9.17, 15) is 13.2 Å². The minimum absolute atomic E-state index is 0.00917. The Bertz CT molecular complexity index is 1410. The Balaban J connectivity index is 1.40. The lowest BCUT2D eigenvalue weighted by Crippen LogP contribution is -2.15. The predicted molar refractivity (Wildman–Crippen MR) is 130 cm³/mol. The highest BCUT2D eigenvalue weighted by Gasteiger charge is 2.18. The van der Waals surface area contributed by atoms with E-state index in [0.717, 1.165) is 5.75 Å². The number of aryl methyl sites for hydroxylation is 2. The molecule has 11 heteroatoms. The van der Waals surface area contributed by atoms with Crippen molar-refractivity contribution in [3.63, 3.8) is 0 Å². The van der Waals surface area contributed by atoms with Crippen molar-refractivity contribution in [2.24, 2.45) is 0 Å². The van der Waals surface area contributed by atoms with E-state index in [-0.39, 0.29) is 23.4 Å². The van der Waals surface area contributed by atoms with Crippen LogP contribution in [0, 0.1) is 13.8 Å². The van der Waals surface area contributed by atoms with Crippen LogP contribution in [0.1, 0.15) is 26.1 Å². The van der Waals surface area contributed by atoms with E-state index in [4.69, 9.17) is 4.74 Å². The van der Waals surface area contributed by atoms with Gasteiger partial charge in [-0.15, -0.1) is 11.3 Å². The molecule has 2 aromatic carbocycles. The summed E-state index contributed by atoms with van der Waals surface area (Å²) in [5.74, 6) is 0.382. The summed E-state index contributed by atoms with van der Waals surface area (Å²) in [6.45, 7) is 3.75. The Hall–Kier alpha value is -3.83. The molecule has 2 heterocycles. The highest BCUT2D eigenvalue weighted by Crippen LogP contribution is 2.23. The number of rotatable bonds is 8. The van der Waals surface area contributed by atoms with E-state index < -0.39 is 10.0 Å². The minimum Gasteiger partial charge on any atom is -0.486 e. The first-order valence-electron chi connectivity index (χ1n) is 10.2. The van der Waals surface area contributed by atoms with Gasteiger partial charge in [-0.3, -0.25) is 4.79 Å². The maximum Gasteiger partial charge on any atom is 0.267 e. The first kappa shape index (κ1) is 23.3. The molecule has 0 atom stereocenters. The molecule has 0 aliphatic rings. The van der Waals surface area contributed by atoms with Crippen molar-refractivity contribution in [3.05, 3.63) is 88.1 Å². The molecule has 0 radical (unpaired) electrons. The average molecular weight is 496 g/mol. The van der Waals surface area contributed by atoms with Gasteiger partial charge in [0.1, 0.15) is 22.2 Å². The monoisotopic (exact) mass is 495 g/mol. The zero-order valence-electron chi connectivity index (χ0n) is 18.3. The van der Waals surface area contributed by atoms with E-state index >= 15 is 0 Å². The van der Waals surface area contributed by atoms with Crippen LogP contribution < -0.4 is 14.8 Å². The molecule has 4 aromatic rings. The molecule has 34 heavy (non-hydrogen) atoms. The first-order valence-corrected chi connectivity index (χ1v) is 12.5. The van der Waals surface area contributed by atoms with Gasteiger partial charge in [0.15, 0.2) is 0 Å². The van der Waals surface area contributed by atoms with E-state index in [2.05, 4.69) is 25.0 Å². The topological polar surface area (TPSA) is 123 Å². The Kier molecular flexibility index (Phi) is 6.85. The number of carbonyl (C=O) groups excluding carboxylic acids is 1. The number of para-hydroxylation sites is 1. The normalized spacial score (nSPS) is 11.1. The van der Waals surface area contributed by atoms with Gasteiger partial charge in [0.05, 0.1) is 10.6 Å². The van der Waals surface area contributed by atoms with Gasteiger partial charge >= 0.3 is 0 Å². The summed E-state index contributed by atoms with van der Waals surface area (Å²) >= 11 is 1.25. The zero-order chi connectivity index (χ0) is 24.1. The summed E-state index contributed by atoms with van der Waals surface area (Å²) < 4.78 is 33.2. The van der Waals surface area contributed by atoms with Crippen LogP contribution in [0.4, 0.5) is 11.6 Å². The fourth-order valence-corrected chi connectivity index (χ4v) is 4.79. The number of anilines is 2. The molecule has 2 aromatic heterocycles. The van der Waals surface area contributed by atoms with Gasteiger partial charge < -0.3 is 10.1 Å². The van der Waals surface area contributed by atoms with Gasteiger partial charge in [0, 0.05) is 17.6 Å². The highest BCUT2D eigenvalue weighted by atomic mass is 32.2. The van der Waals surface area contributed by atoms with Crippen LogP contribution in [0.15, 0.2) is 71.8 Å². The third kappa shape index (κ3) is 5.74. The molecule has 0 aliphatic heterocycles. The molecule has 4 rings (SSSR count). The largest absolute Gasteiger partial charge is 0.486 e. The zero-order valence-corrected chi connectivity index (χ0v) is 20.0. The summed E-state index contributed by atoms with van der Waals surface area (Å²) in [4.78, 5) is 25.6. The van der Waals surface area contributed by atoms with Gasteiger partial charge in [-0.25, -0.2) is 28.1 Å². The molecule has 0 saturated heterocycles. The van der Waals surface area contributed by atoms with Crippen LogP contribution in [0.25, 0.3) is 0 Å². The molecule has 1 amide bonds. The quantitative estimate of drug-likeness (QED) is 0.376. The number of carbonyl (C=O) groups is 1. The number of nitrogens with zero attached hydrogens (tertiary/aromatic N) is 3. The number of hydrogen-bond donors (Lipinski definition) is 2. The fourth-order valence-electron chi connectivity index (χ4n) is 2.97. The molecule has 0 saturated carbocycles. The van der Waals surface area contributed by atoms with Crippen LogP contribution in [0.5, 0.6) is 5.75 Å². The number of ether oxygens (including phenoxy) is 1.